The van der Waals surface area contributed by atoms with Crippen molar-refractivity contribution in [3.8, 4) is 0 Å². The van der Waals surface area contributed by atoms with Gasteiger partial charge >= 0.3 is 19.8 Å². The minimum Gasteiger partial charge on any atom is -0.462 e. The van der Waals surface area contributed by atoms with Crippen molar-refractivity contribution >= 4 is 19.8 Å². The molecule has 0 aromatic heterocycles. The highest BCUT2D eigenvalue weighted by molar-refractivity contribution is 7.47. The molecule has 1 unspecified atom stereocenters. The Morgan fingerprint density at radius 1 is 0.526 bits per heavy atom. The third kappa shape index (κ3) is 42.4. The number of hydrogen-bond donors (Lipinski definition) is 3. The minimum absolute atomic E-state index is 0.186. The Morgan fingerprint density at radius 2 is 0.912 bits per heavy atom. The molecule has 0 saturated heterocycles. The smallest absolute Gasteiger partial charge is 0.462 e. The number of rotatable bonds is 44. The summed E-state index contributed by atoms with van der Waals surface area (Å²) in [6.07, 6.45) is 42.8. The van der Waals surface area contributed by atoms with Crippen LogP contribution < -0.4 is 0 Å². The molecule has 0 fully saturated rings. The van der Waals surface area contributed by atoms with Crippen LogP contribution in [-0.4, -0.2) is 65.7 Å². The molecular formula is C46H87O10P. The fourth-order valence-electron chi connectivity index (χ4n) is 6.50. The lowest BCUT2D eigenvalue weighted by atomic mass is 10.0. The number of aliphatic hydroxyl groups is 2. The van der Waals surface area contributed by atoms with Crippen molar-refractivity contribution in [2.24, 2.45) is 0 Å². The van der Waals surface area contributed by atoms with Crippen LogP contribution in [0.4, 0.5) is 0 Å². The van der Waals surface area contributed by atoms with Crippen LogP contribution in [0.2, 0.25) is 0 Å². The van der Waals surface area contributed by atoms with E-state index in [1.165, 1.54) is 122 Å². The highest BCUT2D eigenvalue weighted by Gasteiger charge is 2.27. The van der Waals surface area contributed by atoms with Gasteiger partial charge in [-0.1, -0.05) is 186 Å². The summed E-state index contributed by atoms with van der Waals surface area (Å²) in [5.41, 5.74) is 0. The highest BCUT2D eigenvalue weighted by Crippen LogP contribution is 2.43. The van der Waals surface area contributed by atoms with Gasteiger partial charge in [0, 0.05) is 12.8 Å². The van der Waals surface area contributed by atoms with Crippen molar-refractivity contribution < 1.29 is 47.8 Å². The summed E-state index contributed by atoms with van der Waals surface area (Å²) in [6.45, 7) is 2.37. The van der Waals surface area contributed by atoms with Crippen LogP contribution in [0.25, 0.3) is 0 Å². The number of phosphoric acid groups is 1. The van der Waals surface area contributed by atoms with Crippen molar-refractivity contribution in [1.29, 1.82) is 0 Å². The van der Waals surface area contributed by atoms with E-state index in [4.69, 9.17) is 23.6 Å². The second kappa shape index (κ2) is 42.6. The lowest BCUT2D eigenvalue weighted by Crippen LogP contribution is -2.29. The van der Waals surface area contributed by atoms with E-state index < -0.39 is 51.8 Å². The molecule has 0 amide bonds. The third-order valence-electron chi connectivity index (χ3n) is 10.1. The van der Waals surface area contributed by atoms with Crippen molar-refractivity contribution in [2.45, 2.75) is 232 Å². The van der Waals surface area contributed by atoms with Gasteiger partial charge in [-0.15, -0.1) is 0 Å². The summed E-state index contributed by atoms with van der Waals surface area (Å²) in [5, 5.41) is 18.4. The Labute approximate surface area is 348 Å². The zero-order valence-corrected chi connectivity index (χ0v) is 37.5. The SMILES string of the molecule is CCCCC/C=C\C/C=C\CCCCCCCC(=O)OC[C@H](COP(=O)(O)OC[C@@H](O)CO)OC(=O)CCCCCCCCCCCCCCCCCCCCC. The van der Waals surface area contributed by atoms with Crippen molar-refractivity contribution in [1.82, 2.24) is 0 Å². The normalized spacial score (nSPS) is 14.0. The lowest BCUT2D eigenvalue weighted by molar-refractivity contribution is -0.161. The Hall–Kier alpha value is -1.55. The molecule has 3 atom stereocenters. The van der Waals surface area contributed by atoms with Crippen LogP contribution >= 0.6 is 7.82 Å². The van der Waals surface area contributed by atoms with E-state index >= 15 is 0 Å². The molecular weight excluding hydrogens is 743 g/mol. The highest BCUT2D eigenvalue weighted by atomic mass is 31.2. The molecule has 11 heteroatoms. The summed E-state index contributed by atoms with van der Waals surface area (Å²) in [6, 6.07) is 0. The molecule has 10 nitrogen and oxygen atoms in total. The van der Waals surface area contributed by atoms with Gasteiger partial charge < -0.3 is 24.6 Å². The Kier molecular flexibility index (Phi) is 41.4. The molecule has 0 saturated carbocycles. The predicted molar refractivity (Wildman–Crippen MR) is 233 cm³/mol. The largest absolute Gasteiger partial charge is 0.472 e. The van der Waals surface area contributed by atoms with Gasteiger partial charge in [0.15, 0.2) is 6.10 Å². The second-order valence-corrected chi connectivity index (χ2v) is 17.2. The number of esters is 2. The molecule has 0 bridgehead atoms. The van der Waals surface area contributed by atoms with Crippen LogP contribution in [0.15, 0.2) is 24.3 Å². The van der Waals surface area contributed by atoms with Crippen LogP contribution in [-0.2, 0) is 32.7 Å². The molecule has 0 aromatic carbocycles. The number of phosphoric ester groups is 1. The fourth-order valence-corrected chi connectivity index (χ4v) is 7.28. The zero-order valence-electron chi connectivity index (χ0n) is 36.6. The van der Waals surface area contributed by atoms with E-state index in [0.717, 1.165) is 57.8 Å². The van der Waals surface area contributed by atoms with Crippen LogP contribution in [0, 0.1) is 0 Å². The monoisotopic (exact) mass is 831 g/mol. The number of carbonyl (C=O) groups is 2. The maximum Gasteiger partial charge on any atom is 0.472 e. The number of ether oxygens (including phenoxy) is 2. The van der Waals surface area contributed by atoms with Gasteiger partial charge in [-0.3, -0.25) is 18.6 Å². The third-order valence-corrected chi connectivity index (χ3v) is 11.1. The zero-order chi connectivity index (χ0) is 41.9. The molecule has 0 aromatic rings. The van der Waals surface area contributed by atoms with E-state index in [1.807, 2.05) is 0 Å². The Morgan fingerprint density at radius 3 is 1.39 bits per heavy atom. The number of carbonyl (C=O) groups excluding carboxylic acids is 2. The van der Waals surface area contributed by atoms with E-state index in [2.05, 4.69) is 38.2 Å². The minimum atomic E-state index is -4.62. The molecule has 0 aliphatic heterocycles. The molecule has 57 heavy (non-hydrogen) atoms. The van der Waals surface area contributed by atoms with Crippen LogP contribution in [0.1, 0.15) is 219 Å². The first-order valence-electron chi connectivity index (χ1n) is 23.3. The van der Waals surface area contributed by atoms with Gasteiger partial charge in [0.2, 0.25) is 0 Å². The summed E-state index contributed by atoms with van der Waals surface area (Å²) >= 11 is 0. The topological polar surface area (TPSA) is 149 Å². The van der Waals surface area contributed by atoms with E-state index in [0.29, 0.717) is 12.8 Å². The second-order valence-electron chi connectivity index (χ2n) is 15.8. The average molecular weight is 831 g/mol. The molecule has 0 rings (SSSR count). The van der Waals surface area contributed by atoms with E-state index in [1.54, 1.807) is 0 Å². The van der Waals surface area contributed by atoms with E-state index in [-0.39, 0.29) is 19.4 Å². The van der Waals surface area contributed by atoms with Crippen molar-refractivity contribution in [3.63, 3.8) is 0 Å². The number of hydrogen-bond acceptors (Lipinski definition) is 9. The van der Waals surface area contributed by atoms with Crippen molar-refractivity contribution in [2.75, 3.05) is 26.4 Å². The maximum atomic E-state index is 12.6. The van der Waals surface area contributed by atoms with Gasteiger partial charge in [-0.2, -0.15) is 0 Å². The molecule has 0 heterocycles. The fraction of sp³-hybridized carbons (Fsp3) is 0.870. The van der Waals surface area contributed by atoms with Gasteiger partial charge in [0.05, 0.1) is 19.8 Å². The van der Waals surface area contributed by atoms with Crippen molar-refractivity contribution in [3.05, 3.63) is 24.3 Å². The predicted octanol–water partition coefficient (Wildman–Crippen LogP) is 12.6. The van der Waals surface area contributed by atoms with Gasteiger partial charge in [-0.25, -0.2) is 4.57 Å². The van der Waals surface area contributed by atoms with Crippen LogP contribution in [0.3, 0.4) is 0 Å². The van der Waals surface area contributed by atoms with Gasteiger partial charge in [0.25, 0.3) is 0 Å². The first kappa shape index (κ1) is 55.5. The summed E-state index contributed by atoms with van der Waals surface area (Å²) in [7, 11) is -4.62. The summed E-state index contributed by atoms with van der Waals surface area (Å²) in [5.74, 6) is -0.931. The first-order valence-corrected chi connectivity index (χ1v) is 24.8. The van der Waals surface area contributed by atoms with E-state index in [9.17, 15) is 24.2 Å². The summed E-state index contributed by atoms with van der Waals surface area (Å²) in [4.78, 5) is 35.0. The van der Waals surface area contributed by atoms with Gasteiger partial charge in [-0.05, 0) is 44.9 Å². The Balaban J connectivity index is 4.23. The maximum absolute atomic E-state index is 12.6. The Bertz CT molecular complexity index is 1000. The van der Waals surface area contributed by atoms with Crippen LogP contribution in [0.5, 0.6) is 0 Å². The molecule has 0 radical (unpaired) electrons. The molecule has 0 aliphatic carbocycles. The standard InChI is InChI=1S/C46H87O10P/c1-3-5-7-9-11-13-15-17-19-20-21-22-24-26-28-30-32-34-36-38-46(50)56-44(42-55-57(51,52)54-40-43(48)39-47)41-53-45(49)37-35-33-31-29-27-25-23-18-16-14-12-10-8-6-4-2/h12,14,18,23,43-44,47-48H,3-11,13,15-17,19-22,24-42H2,1-2H3,(H,51,52)/b14-12-,23-18-/t43-,44+/m0/s1. The molecule has 336 valence electrons. The molecule has 0 aliphatic rings. The average Bonchev–Trinajstić information content (AvgIpc) is 3.20. The summed E-state index contributed by atoms with van der Waals surface area (Å²) < 4.78 is 32.8. The number of aliphatic hydroxyl groups excluding tert-OH is 2. The van der Waals surface area contributed by atoms with Gasteiger partial charge in [0.1, 0.15) is 12.7 Å². The molecule has 0 spiro atoms. The number of unbranched alkanes of at least 4 members (excludes halogenated alkanes) is 26. The first-order chi connectivity index (χ1) is 27.7. The quantitative estimate of drug-likeness (QED) is 0.0234. The lowest BCUT2D eigenvalue weighted by Gasteiger charge is -2.20. The molecule has 3 N–H and O–H groups in total. The number of allylic oxidation sites excluding steroid dienone is 4.